The Balaban J connectivity index is 1.80. The molecule has 3 heterocycles. The maximum absolute atomic E-state index is 13.3. The molecule has 0 unspecified atom stereocenters. The fraction of sp³-hybridized carbons (Fsp3) is 0.111. The van der Waals surface area contributed by atoms with Crippen molar-refractivity contribution in [2.45, 2.75) is 12.8 Å². The first-order chi connectivity index (χ1) is 13.0. The molecule has 0 saturated carbocycles. The highest BCUT2D eigenvalue weighted by Crippen LogP contribution is 2.27. The van der Waals surface area contributed by atoms with Crippen molar-refractivity contribution in [3.8, 4) is 11.3 Å². The lowest BCUT2D eigenvalue weighted by Gasteiger charge is -2.03. The van der Waals surface area contributed by atoms with Crippen LogP contribution in [0.15, 0.2) is 47.1 Å². The Labute approximate surface area is 157 Å². The molecule has 0 aliphatic heterocycles. The average Bonchev–Trinajstić information content (AvgIpc) is 3.20. The SMILES string of the molecule is NC(=O)Cc1nc(Cc2c(-c3ccc(F)cc3)nc3ccc(Cl)cn23)no1. The van der Waals surface area contributed by atoms with Gasteiger partial charge in [0, 0.05) is 11.8 Å². The van der Waals surface area contributed by atoms with E-state index in [0.29, 0.717) is 22.2 Å². The number of hydrogen-bond acceptors (Lipinski definition) is 5. The van der Waals surface area contributed by atoms with E-state index in [9.17, 15) is 9.18 Å². The van der Waals surface area contributed by atoms with E-state index < -0.39 is 5.91 Å². The number of rotatable bonds is 5. The zero-order valence-corrected chi connectivity index (χ0v) is 14.7. The number of carbonyl (C=O) groups excluding carboxylic acids is 1. The van der Waals surface area contributed by atoms with Crippen molar-refractivity contribution < 1.29 is 13.7 Å². The standard InChI is InChI=1S/C18H13ClFN5O2/c19-11-3-6-16-23-18(10-1-4-12(20)5-2-10)13(25(16)9-11)7-15-22-17(27-24-15)8-14(21)26/h1-6,9H,7-8H2,(H2,21,26). The summed E-state index contributed by atoms with van der Waals surface area (Å²) in [5.74, 6) is -0.371. The van der Waals surface area contributed by atoms with Gasteiger partial charge < -0.3 is 14.7 Å². The minimum absolute atomic E-state index is 0.128. The van der Waals surface area contributed by atoms with Crippen molar-refractivity contribution in [3.63, 3.8) is 0 Å². The predicted octanol–water partition coefficient (Wildman–Crippen LogP) is 2.80. The number of hydrogen-bond donors (Lipinski definition) is 1. The summed E-state index contributed by atoms with van der Waals surface area (Å²) in [5, 5.41) is 4.43. The van der Waals surface area contributed by atoms with Crippen LogP contribution in [0.3, 0.4) is 0 Å². The number of primary amides is 1. The summed E-state index contributed by atoms with van der Waals surface area (Å²) in [5.41, 5.74) is 7.97. The van der Waals surface area contributed by atoms with Crippen LogP contribution in [-0.2, 0) is 17.6 Å². The number of amides is 1. The van der Waals surface area contributed by atoms with Gasteiger partial charge >= 0.3 is 0 Å². The number of nitrogens with two attached hydrogens (primary N) is 1. The summed E-state index contributed by atoms with van der Waals surface area (Å²) in [6.45, 7) is 0. The van der Waals surface area contributed by atoms with Gasteiger partial charge in [0.2, 0.25) is 11.8 Å². The Morgan fingerprint density at radius 2 is 1.96 bits per heavy atom. The number of pyridine rings is 1. The number of carbonyl (C=O) groups is 1. The van der Waals surface area contributed by atoms with Gasteiger partial charge in [-0.2, -0.15) is 4.98 Å². The van der Waals surface area contributed by atoms with Gasteiger partial charge in [-0.25, -0.2) is 9.37 Å². The molecule has 0 aliphatic rings. The molecule has 0 atom stereocenters. The van der Waals surface area contributed by atoms with Gasteiger partial charge in [-0.1, -0.05) is 16.8 Å². The maximum atomic E-state index is 13.3. The van der Waals surface area contributed by atoms with E-state index in [1.165, 1.54) is 12.1 Å². The van der Waals surface area contributed by atoms with Crippen molar-refractivity contribution in [1.29, 1.82) is 0 Å². The second-order valence-electron chi connectivity index (χ2n) is 5.91. The van der Waals surface area contributed by atoms with E-state index in [1.807, 2.05) is 4.40 Å². The summed E-state index contributed by atoms with van der Waals surface area (Å²) >= 11 is 6.13. The van der Waals surface area contributed by atoms with Gasteiger partial charge in [-0.05, 0) is 36.4 Å². The zero-order valence-electron chi connectivity index (χ0n) is 13.9. The number of nitrogens with zero attached hydrogens (tertiary/aromatic N) is 4. The van der Waals surface area contributed by atoms with Crippen LogP contribution in [0.1, 0.15) is 17.4 Å². The van der Waals surface area contributed by atoms with Gasteiger partial charge in [-0.3, -0.25) is 4.79 Å². The summed E-state index contributed by atoms with van der Waals surface area (Å²) < 4.78 is 20.2. The first-order valence-electron chi connectivity index (χ1n) is 8.02. The molecular formula is C18H13ClFN5O2. The molecule has 136 valence electrons. The van der Waals surface area contributed by atoms with Crippen LogP contribution >= 0.6 is 11.6 Å². The largest absolute Gasteiger partial charge is 0.369 e. The lowest BCUT2D eigenvalue weighted by molar-refractivity contribution is -0.117. The Morgan fingerprint density at radius 1 is 1.19 bits per heavy atom. The molecule has 27 heavy (non-hydrogen) atoms. The highest BCUT2D eigenvalue weighted by molar-refractivity contribution is 6.30. The topological polar surface area (TPSA) is 99.3 Å². The molecule has 1 aromatic carbocycles. The normalized spacial score (nSPS) is 11.2. The van der Waals surface area contributed by atoms with Crippen LogP contribution in [0.2, 0.25) is 5.02 Å². The van der Waals surface area contributed by atoms with Crippen LogP contribution in [0.25, 0.3) is 16.9 Å². The minimum atomic E-state index is -0.557. The molecule has 0 saturated heterocycles. The van der Waals surface area contributed by atoms with Gasteiger partial charge in [-0.15, -0.1) is 0 Å². The highest BCUT2D eigenvalue weighted by atomic mass is 35.5. The number of imidazole rings is 1. The van der Waals surface area contributed by atoms with Crippen molar-refractivity contribution in [3.05, 3.63) is 70.8 Å². The van der Waals surface area contributed by atoms with E-state index in [2.05, 4.69) is 15.1 Å². The third kappa shape index (κ3) is 3.52. The van der Waals surface area contributed by atoms with Crippen LogP contribution in [0.4, 0.5) is 4.39 Å². The number of halogens is 2. The molecule has 9 heteroatoms. The molecule has 0 radical (unpaired) electrons. The van der Waals surface area contributed by atoms with Crippen molar-refractivity contribution in [2.24, 2.45) is 5.73 Å². The van der Waals surface area contributed by atoms with Crippen LogP contribution < -0.4 is 5.73 Å². The van der Waals surface area contributed by atoms with E-state index in [1.54, 1.807) is 30.5 Å². The Bertz CT molecular complexity index is 1140. The monoisotopic (exact) mass is 385 g/mol. The van der Waals surface area contributed by atoms with E-state index in [4.69, 9.17) is 21.9 Å². The van der Waals surface area contributed by atoms with Gasteiger partial charge in [0.25, 0.3) is 0 Å². The third-order valence-corrected chi connectivity index (χ3v) is 4.18. The first-order valence-corrected chi connectivity index (χ1v) is 8.39. The van der Waals surface area contributed by atoms with Crippen molar-refractivity contribution in [2.75, 3.05) is 0 Å². The molecule has 0 bridgehead atoms. The lowest BCUT2D eigenvalue weighted by Crippen LogP contribution is -2.13. The highest BCUT2D eigenvalue weighted by Gasteiger charge is 2.18. The molecule has 0 fully saturated rings. The van der Waals surface area contributed by atoms with E-state index in [-0.39, 0.29) is 24.5 Å². The average molecular weight is 386 g/mol. The minimum Gasteiger partial charge on any atom is -0.369 e. The second kappa shape index (κ2) is 6.81. The number of benzene rings is 1. The summed E-state index contributed by atoms with van der Waals surface area (Å²) in [6, 6.07) is 9.56. The number of fused-ring (bicyclic) bond motifs is 1. The van der Waals surface area contributed by atoms with Crippen LogP contribution in [-0.4, -0.2) is 25.4 Å². The van der Waals surface area contributed by atoms with Crippen LogP contribution in [0.5, 0.6) is 0 Å². The summed E-state index contributed by atoms with van der Waals surface area (Å²) in [6.07, 6.45) is 1.88. The van der Waals surface area contributed by atoms with Crippen molar-refractivity contribution >= 4 is 23.2 Å². The summed E-state index contributed by atoms with van der Waals surface area (Å²) in [7, 11) is 0. The van der Waals surface area contributed by atoms with Gasteiger partial charge in [0.05, 0.1) is 22.8 Å². The van der Waals surface area contributed by atoms with Gasteiger partial charge in [0.15, 0.2) is 5.82 Å². The fourth-order valence-corrected chi connectivity index (χ4v) is 2.97. The zero-order chi connectivity index (χ0) is 19.0. The van der Waals surface area contributed by atoms with Gasteiger partial charge in [0.1, 0.15) is 17.9 Å². The Kier molecular flexibility index (Phi) is 4.33. The summed E-state index contributed by atoms with van der Waals surface area (Å²) in [4.78, 5) is 19.8. The van der Waals surface area contributed by atoms with E-state index in [0.717, 1.165) is 11.3 Å². The predicted molar refractivity (Wildman–Crippen MR) is 95.6 cm³/mol. The Hall–Kier alpha value is -3.26. The molecule has 2 N–H and O–H groups in total. The molecule has 1 amide bonds. The first kappa shape index (κ1) is 17.2. The molecule has 0 aliphatic carbocycles. The smallest absolute Gasteiger partial charge is 0.236 e. The molecule has 4 aromatic rings. The molecule has 4 rings (SSSR count). The Morgan fingerprint density at radius 3 is 2.70 bits per heavy atom. The lowest BCUT2D eigenvalue weighted by atomic mass is 10.1. The molecule has 0 spiro atoms. The molecule has 7 nitrogen and oxygen atoms in total. The fourth-order valence-electron chi connectivity index (χ4n) is 2.81. The quantitative estimate of drug-likeness (QED) is 0.569. The second-order valence-corrected chi connectivity index (χ2v) is 6.35. The maximum Gasteiger partial charge on any atom is 0.236 e. The van der Waals surface area contributed by atoms with E-state index >= 15 is 0 Å². The molecular weight excluding hydrogens is 373 g/mol. The third-order valence-electron chi connectivity index (χ3n) is 3.96. The number of aromatic nitrogens is 4. The molecule has 3 aromatic heterocycles. The van der Waals surface area contributed by atoms with Crippen LogP contribution in [0, 0.1) is 5.82 Å². The van der Waals surface area contributed by atoms with Crippen molar-refractivity contribution in [1.82, 2.24) is 19.5 Å².